The Labute approximate surface area is 480 Å². The highest BCUT2D eigenvalue weighted by Crippen LogP contribution is 2.33. The Kier molecular flexibility index (Phi) is 40.9. The zero-order valence-corrected chi connectivity index (χ0v) is 49.3. The average Bonchev–Trinajstić information content (AvgIpc) is 3.55. The molecule has 0 aliphatic carbocycles. The number of aliphatic hydroxyl groups excluding tert-OH is 11. The number of carbonyl (C=O) groups excluding carboxylic acids is 1. The summed E-state index contributed by atoms with van der Waals surface area (Å²) in [5.41, 5.74) is 0. The molecule has 0 aromatic carbocycles. The Morgan fingerprint density at radius 2 is 0.787 bits per heavy atom. The van der Waals surface area contributed by atoms with E-state index in [2.05, 4.69) is 31.3 Å². The maximum absolute atomic E-state index is 13.3. The van der Waals surface area contributed by atoms with Gasteiger partial charge in [0.15, 0.2) is 18.9 Å². The summed E-state index contributed by atoms with van der Waals surface area (Å²) in [6, 6.07) is -0.881. The fourth-order valence-corrected chi connectivity index (χ4v) is 11.1. The second-order valence-corrected chi connectivity index (χ2v) is 23.2. The Hall–Kier alpha value is -1.47. The maximum atomic E-state index is 13.3. The van der Waals surface area contributed by atoms with Gasteiger partial charge in [0, 0.05) is 6.42 Å². The number of hydrogen-bond donors (Lipinski definition) is 12. The van der Waals surface area contributed by atoms with E-state index in [0.717, 1.165) is 44.9 Å². The summed E-state index contributed by atoms with van der Waals surface area (Å²) in [7, 11) is 0. The van der Waals surface area contributed by atoms with Crippen molar-refractivity contribution >= 4 is 5.91 Å². The molecule has 0 saturated carbocycles. The first-order chi connectivity index (χ1) is 38.8. The van der Waals surface area contributed by atoms with Gasteiger partial charge >= 0.3 is 0 Å². The van der Waals surface area contributed by atoms with Crippen LogP contribution in [0.1, 0.15) is 239 Å². The molecule has 3 aliphatic rings. The van der Waals surface area contributed by atoms with Gasteiger partial charge in [-0.3, -0.25) is 4.79 Å². The summed E-state index contributed by atoms with van der Waals surface area (Å²) >= 11 is 0. The molecule has 0 spiro atoms. The number of ether oxygens (including phenoxy) is 6. The lowest BCUT2D eigenvalue weighted by atomic mass is 9.96. The van der Waals surface area contributed by atoms with E-state index in [-0.39, 0.29) is 18.9 Å². The van der Waals surface area contributed by atoms with Crippen molar-refractivity contribution in [3.05, 3.63) is 12.2 Å². The van der Waals surface area contributed by atoms with Crippen LogP contribution in [0, 0.1) is 0 Å². The van der Waals surface area contributed by atoms with E-state index >= 15 is 0 Å². The monoisotopic (exact) mass is 1150 g/mol. The third-order valence-electron chi connectivity index (χ3n) is 16.3. The molecule has 1 amide bonds. The van der Waals surface area contributed by atoms with Crippen LogP contribution in [-0.2, 0) is 33.2 Å². The van der Waals surface area contributed by atoms with E-state index in [4.69, 9.17) is 28.4 Å². The van der Waals surface area contributed by atoms with Gasteiger partial charge in [-0.25, -0.2) is 0 Å². The van der Waals surface area contributed by atoms with Crippen LogP contribution < -0.4 is 5.32 Å². The molecule has 17 unspecified atom stereocenters. The highest BCUT2D eigenvalue weighted by atomic mass is 16.8. The van der Waals surface area contributed by atoms with Crippen molar-refractivity contribution in [1.82, 2.24) is 5.32 Å². The van der Waals surface area contributed by atoms with Gasteiger partial charge in [-0.1, -0.05) is 206 Å². The molecule has 3 fully saturated rings. The molecule has 472 valence electrons. The van der Waals surface area contributed by atoms with E-state index in [1.165, 1.54) is 161 Å². The van der Waals surface area contributed by atoms with Gasteiger partial charge in [-0.05, 0) is 38.5 Å². The molecule has 19 nitrogen and oxygen atoms in total. The minimum absolute atomic E-state index is 0.243. The minimum atomic E-state index is -1.97. The van der Waals surface area contributed by atoms with Gasteiger partial charge < -0.3 is 89.9 Å². The highest BCUT2D eigenvalue weighted by Gasteiger charge is 2.53. The summed E-state index contributed by atoms with van der Waals surface area (Å²) in [6.45, 7) is 1.76. The second-order valence-electron chi connectivity index (χ2n) is 23.2. The van der Waals surface area contributed by atoms with Crippen LogP contribution in [0.5, 0.6) is 0 Å². The number of carbonyl (C=O) groups is 1. The molecular weight excluding hydrogens is 1030 g/mol. The van der Waals surface area contributed by atoms with Gasteiger partial charge in [-0.15, -0.1) is 0 Å². The van der Waals surface area contributed by atoms with Crippen molar-refractivity contribution < 1.29 is 89.4 Å². The van der Waals surface area contributed by atoms with E-state index in [1.54, 1.807) is 0 Å². The minimum Gasteiger partial charge on any atom is -0.394 e. The standard InChI is InChI=1S/C61H115NO18/c1-3-5-7-9-11-13-14-15-16-17-18-19-20-21-22-23-24-25-26-27-28-29-30-31-33-35-37-39-49(67)62-44(45(66)38-36-34-32-12-10-8-6-4-2)43-75-59-55(73)52(70)57(47(41-64)77-59)80-61-56(74)53(71)58(48(42-65)78-61)79-60-54(72)51(69)50(68)46(40-63)76-60/h17-18,44-48,50-61,63-66,68-74H,3-16,19-43H2,1-2H3,(H,62,67)/b18-17-. The number of unbranched alkanes of at least 4 members (excludes halogenated alkanes) is 30. The Morgan fingerprint density at radius 3 is 1.21 bits per heavy atom. The lowest BCUT2D eigenvalue weighted by molar-refractivity contribution is -0.379. The van der Waals surface area contributed by atoms with Gasteiger partial charge in [0.1, 0.15) is 73.2 Å². The fraction of sp³-hybridized carbons (Fsp3) is 0.951. The van der Waals surface area contributed by atoms with Crippen molar-refractivity contribution in [3.8, 4) is 0 Å². The third kappa shape index (κ3) is 28.2. The normalized spacial score (nSPS) is 30.0. The smallest absolute Gasteiger partial charge is 0.220 e. The highest BCUT2D eigenvalue weighted by molar-refractivity contribution is 5.76. The van der Waals surface area contributed by atoms with Crippen molar-refractivity contribution in [1.29, 1.82) is 0 Å². The topological polar surface area (TPSA) is 307 Å². The Morgan fingerprint density at radius 1 is 0.438 bits per heavy atom. The zero-order valence-electron chi connectivity index (χ0n) is 49.3. The Balaban J connectivity index is 1.37. The number of aliphatic hydroxyl groups is 11. The first-order valence-electron chi connectivity index (χ1n) is 31.9. The molecule has 12 N–H and O–H groups in total. The molecule has 17 atom stereocenters. The third-order valence-corrected chi connectivity index (χ3v) is 16.3. The SMILES string of the molecule is CCCCCCCCCC/C=C\CCCCCCCCCCCCCCCCCC(=O)NC(COC1OC(CO)C(OC2OC(CO)C(OC3OC(CO)C(O)C(O)C3O)C(O)C2O)C(O)C1O)C(O)CCCCCCCCCC. The predicted octanol–water partition coefficient (Wildman–Crippen LogP) is 6.55. The molecule has 3 aliphatic heterocycles. The number of nitrogens with one attached hydrogen (secondary N) is 1. The molecule has 80 heavy (non-hydrogen) atoms. The van der Waals surface area contributed by atoms with E-state index in [9.17, 15) is 61.0 Å². The van der Waals surface area contributed by atoms with Gasteiger partial charge in [0.05, 0.1) is 38.6 Å². The molecule has 19 heteroatoms. The fourth-order valence-electron chi connectivity index (χ4n) is 11.1. The summed E-state index contributed by atoms with van der Waals surface area (Å²) in [6.07, 6.45) is 19.1. The molecule has 0 aromatic heterocycles. The molecule has 3 saturated heterocycles. The van der Waals surface area contributed by atoms with Crippen LogP contribution in [-0.4, -0.2) is 193 Å². The molecule has 0 bridgehead atoms. The summed E-state index contributed by atoms with van der Waals surface area (Å²) in [5.74, 6) is -0.243. The molecule has 0 aromatic rings. The van der Waals surface area contributed by atoms with Gasteiger partial charge in [-0.2, -0.15) is 0 Å². The van der Waals surface area contributed by atoms with Crippen LogP contribution >= 0.6 is 0 Å². The van der Waals surface area contributed by atoms with Gasteiger partial charge in [0.2, 0.25) is 5.91 Å². The average molecular weight is 1150 g/mol. The molecule has 3 rings (SSSR count). The van der Waals surface area contributed by atoms with Crippen LogP contribution in [0.2, 0.25) is 0 Å². The molecular formula is C61H115NO18. The second kappa shape index (κ2) is 44.9. The lowest BCUT2D eigenvalue weighted by Gasteiger charge is -2.48. The van der Waals surface area contributed by atoms with Crippen LogP contribution in [0.4, 0.5) is 0 Å². The number of allylic oxidation sites excluding steroid dienone is 2. The van der Waals surface area contributed by atoms with Crippen LogP contribution in [0.15, 0.2) is 12.2 Å². The maximum Gasteiger partial charge on any atom is 0.220 e. The first-order valence-corrected chi connectivity index (χ1v) is 31.9. The van der Waals surface area contributed by atoms with Crippen molar-refractivity contribution in [2.24, 2.45) is 0 Å². The largest absolute Gasteiger partial charge is 0.394 e. The summed E-state index contributed by atoms with van der Waals surface area (Å²) in [5, 5.41) is 120. The number of rotatable bonds is 48. The molecule has 0 radical (unpaired) electrons. The van der Waals surface area contributed by atoms with E-state index in [0.29, 0.717) is 12.8 Å². The lowest BCUT2D eigenvalue weighted by Crippen LogP contribution is -2.66. The van der Waals surface area contributed by atoms with Crippen molar-refractivity contribution in [2.45, 2.75) is 343 Å². The van der Waals surface area contributed by atoms with Crippen LogP contribution in [0.25, 0.3) is 0 Å². The summed E-state index contributed by atoms with van der Waals surface area (Å²) < 4.78 is 34.2. The Bertz CT molecular complexity index is 1510. The van der Waals surface area contributed by atoms with Crippen molar-refractivity contribution in [2.75, 3.05) is 26.4 Å². The number of hydrogen-bond acceptors (Lipinski definition) is 18. The zero-order chi connectivity index (χ0) is 58.3. The number of amides is 1. The first kappa shape index (κ1) is 72.8. The quantitative estimate of drug-likeness (QED) is 0.0227. The summed E-state index contributed by atoms with van der Waals surface area (Å²) in [4.78, 5) is 13.3. The van der Waals surface area contributed by atoms with E-state index in [1.807, 2.05) is 0 Å². The molecule has 3 heterocycles. The van der Waals surface area contributed by atoms with Gasteiger partial charge in [0.25, 0.3) is 0 Å². The van der Waals surface area contributed by atoms with E-state index < -0.39 is 124 Å². The predicted molar refractivity (Wildman–Crippen MR) is 305 cm³/mol. The van der Waals surface area contributed by atoms with Crippen LogP contribution in [0.3, 0.4) is 0 Å². The van der Waals surface area contributed by atoms with Crippen molar-refractivity contribution in [3.63, 3.8) is 0 Å².